The number of carboxylic acids is 1. The smallest absolute Gasteiger partial charge is 0.303 e. The van der Waals surface area contributed by atoms with Crippen LogP contribution in [-0.4, -0.2) is 28.7 Å². The van der Waals surface area contributed by atoms with Crippen molar-refractivity contribution >= 4 is 11.9 Å². The molecule has 1 heterocycles. The first-order chi connectivity index (χ1) is 9.54. The van der Waals surface area contributed by atoms with Gasteiger partial charge >= 0.3 is 5.97 Å². The number of nitrogens with one attached hydrogen (secondary N) is 1. The molecule has 0 saturated heterocycles. The van der Waals surface area contributed by atoms with Gasteiger partial charge in [0.15, 0.2) is 0 Å². The summed E-state index contributed by atoms with van der Waals surface area (Å²) in [6, 6.07) is 0. The molecule has 1 rings (SSSR count). The van der Waals surface area contributed by atoms with E-state index in [9.17, 15) is 9.59 Å². The minimum atomic E-state index is -0.768. The fourth-order valence-corrected chi connectivity index (χ4v) is 2.17. The number of carboxylic acid groups (broad SMARTS) is 1. The van der Waals surface area contributed by atoms with Crippen molar-refractivity contribution in [2.45, 2.75) is 46.0 Å². The van der Waals surface area contributed by atoms with Crippen LogP contribution in [0.1, 0.15) is 55.1 Å². The second-order valence-corrected chi connectivity index (χ2v) is 4.93. The van der Waals surface area contributed by atoms with Crippen molar-refractivity contribution in [1.82, 2.24) is 10.5 Å². The van der Waals surface area contributed by atoms with Gasteiger partial charge in [-0.2, -0.15) is 0 Å². The third kappa shape index (κ3) is 5.42. The molecule has 6 heteroatoms. The summed E-state index contributed by atoms with van der Waals surface area (Å²) in [6.07, 6.45) is 5.03. The number of hydrogen-bond donors (Lipinski definition) is 2. The van der Waals surface area contributed by atoms with Gasteiger partial charge in [-0.05, 0) is 25.7 Å². The van der Waals surface area contributed by atoms with E-state index in [0.717, 1.165) is 19.3 Å². The van der Waals surface area contributed by atoms with Crippen molar-refractivity contribution in [3.05, 3.63) is 17.5 Å². The first-order valence-corrected chi connectivity index (χ1v) is 6.95. The quantitative estimate of drug-likeness (QED) is 0.725. The van der Waals surface area contributed by atoms with Crippen LogP contribution in [0.5, 0.6) is 0 Å². The second-order valence-electron chi connectivity index (χ2n) is 4.93. The van der Waals surface area contributed by atoms with Gasteiger partial charge in [-0.15, -0.1) is 0 Å². The van der Waals surface area contributed by atoms with Crippen LogP contribution >= 0.6 is 0 Å². The van der Waals surface area contributed by atoms with Crippen LogP contribution in [0, 0.1) is 12.8 Å². The minimum absolute atomic E-state index is 0.184. The Hall–Kier alpha value is -1.85. The number of aryl methyl sites for hydroxylation is 1. The third-order valence-electron chi connectivity index (χ3n) is 3.30. The second kappa shape index (κ2) is 8.35. The zero-order chi connectivity index (χ0) is 15.0. The average molecular weight is 282 g/mol. The van der Waals surface area contributed by atoms with E-state index < -0.39 is 5.97 Å². The molecular weight excluding hydrogens is 260 g/mol. The van der Waals surface area contributed by atoms with Gasteiger partial charge in [-0.1, -0.05) is 24.9 Å². The van der Waals surface area contributed by atoms with Crippen LogP contribution in [0.4, 0.5) is 0 Å². The van der Waals surface area contributed by atoms with Gasteiger partial charge < -0.3 is 14.9 Å². The lowest BCUT2D eigenvalue weighted by Crippen LogP contribution is -2.26. The number of carbonyl (C=O) groups is 2. The van der Waals surface area contributed by atoms with Gasteiger partial charge in [0.2, 0.25) is 0 Å². The zero-order valence-corrected chi connectivity index (χ0v) is 12.0. The molecule has 0 spiro atoms. The van der Waals surface area contributed by atoms with Gasteiger partial charge in [0.25, 0.3) is 5.91 Å². The van der Waals surface area contributed by atoms with Gasteiger partial charge in [0.1, 0.15) is 11.3 Å². The Morgan fingerprint density at radius 1 is 1.40 bits per heavy atom. The Labute approximate surface area is 118 Å². The number of carbonyl (C=O) groups excluding carboxylic acids is 1. The van der Waals surface area contributed by atoms with Crippen molar-refractivity contribution in [3.63, 3.8) is 0 Å². The maximum atomic E-state index is 11.8. The monoisotopic (exact) mass is 282 g/mol. The molecule has 0 aliphatic rings. The van der Waals surface area contributed by atoms with Crippen molar-refractivity contribution in [2.75, 3.05) is 6.54 Å². The maximum absolute atomic E-state index is 11.8. The molecule has 6 nitrogen and oxygen atoms in total. The fraction of sp³-hybridized carbons (Fsp3) is 0.643. The molecule has 2 N–H and O–H groups in total. The normalized spacial score (nSPS) is 12.1. The minimum Gasteiger partial charge on any atom is -0.481 e. The van der Waals surface area contributed by atoms with Gasteiger partial charge in [0.05, 0.1) is 6.20 Å². The summed E-state index contributed by atoms with van der Waals surface area (Å²) in [6.45, 7) is 4.30. The Bertz CT molecular complexity index is 442. The number of amides is 1. The summed E-state index contributed by atoms with van der Waals surface area (Å²) in [5.41, 5.74) is 0.447. The van der Waals surface area contributed by atoms with Crippen molar-refractivity contribution < 1.29 is 19.2 Å². The lowest BCUT2D eigenvalue weighted by Gasteiger charge is -2.15. The standard InChI is InChI=1S/C14H22N2O4/c1-3-4-11(5-6-13(17)18)7-8-15-14(19)12-9-16-20-10(12)2/h9,11H,3-8H2,1-2H3,(H,15,19)(H,17,18). The summed E-state index contributed by atoms with van der Waals surface area (Å²) < 4.78 is 4.84. The highest BCUT2D eigenvalue weighted by molar-refractivity contribution is 5.94. The van der Waals surface area contributed by atoms with Crippen LogP contribution < -0.4 is 5.32 Å². The van der Waals surface area contributed by atoms with Crippen LogP contribution in [-0.2, 0) is 4.79 Å². The number of aromatic nitrogens is 1. The van der Waals surface area contributed by atoms with Gasteiger partial charge in [-0.3, -0.25) is 9.59 Å². The largest absolute Gasteiger partial charge is 0.481 e. The Morgan fingerprint density at radius 2 is 2.15 bits per heavy atom. The van der Waals surface area contributed by atoms with Gasteiger partial charge in [0, 0.05) is 13.0 Å². The van der Waals surface area contributed by atoms with Crippen LogP contribution in [0.3, 0.4) is 0 Å². The lowest BCUT2D eigenvalue weighted by atomic mass is 9.94. The van der Waals surface area contributed by atoms with Crippen molar-refractivity contribution in [3.8, 4) is 0 Å². The molecule has 0 aliphatic heterocycles. The number of nitrogens with zero attached hydrogens (tertiary/aromatic N) is 1. The summed E-state index contributed by atoms with van der Waals surface area (Å²) in [4.78, 5) is 22.4. The SMILES string of the molecule is CCCC(CCNC(=O)c1cnoc1C)CCC(=O)O. The predicted octanol–water partition coefficient (Wildman–Crippen LogP) is 2.38. The van der Waals surface area contributed by atoms with E-state index >= 15 is 0 Å². The molecule has 1 atom stereocenters. The van der Waals surface area contributed by atoms with E-state index in [-0.39, 0.29) is 12.3 Å². The maximum Gasteiger partial charge on any atom is 0.303 e. The average Bonchev–Trinajstić information content (AvgIpc) is 2.82. The first kappa shape index (κ1) is 16.2. The molecule has 0 saturated carbocycles. The van der Waals surface area contributed by atoms with E-state index in [1.807, 2.05) is 0 Å². The highest BCUT2D eigenvalue weighted by atomic mass is 16.5. The summed E-state index contributed by atoms with van der Waals surface area (Å²) in [5.74, 6) is -0.133. The molecule has 0 aromatic carbocycles. The molecule has 1 unspecified atom stereocenters. The topological polar surface area (TPSA) is 92.4 Å². The number of aliphatic carboxylic acids is 1. The fourth-order valence-electron chi connectivity index (χ4n) is 2.17. The van der Waals surface area contributed by atoms with Crippen molar-refractivity contribution in [2.24, 2.45) is 5.92 Å². The molecule has 1 amide bonds. The molecule has 0 fully saturated rings. The van der Waals surface area contributed by atoms with Crippen LogP contribution in [0.2, 0.25) is 0 Å². The van der Waals surface area contributed by atoms with E-state index in [2.05, 4.69) is 17.4 Å². The summed E-state index contributed by atoms with van der Waals surface area (Å²) in [7, 11) is 0. The lowest BCUT2D eigenvalue weighted by molar-refractivity contribution is -0.137. The molecular formula is C14H22N2O4. The van der Waals surface area contributed by atoms with Crippen LogP contribution in [0.15, 0.2) is 10.7 Å². The van der Waals surface area contributed by atoms with E-state index in [4.69, 9.17) is 9.63 Å². The van der Waals surface area contributed by atoms with Crippen LogP contribution in [0.25, 0.3) is 0 Å². The predicted molar refractivity (Wildman–Crippen MR) is 73.5 cm³/mol. The Kier molecular flexibility index (Phi) is 6.76. The molecule has 0 aliphatic carbocycles. The molecule has 1 aromatic rings. The zero-order valence-electron chi connectivity index (χ0n) is 12.0. The first-order valence-electron chi connectivity index (χ1n) is 6.95. The number of rotatable bonds is 9. The summed E-state index contributed by atoms with van der Waals surface area (Å²) in [5, 5.41) is 15.1. The molecule has 112 valence electrons. The van der Waals surface area contributed by atoms with Gasteiger partial charge in [-0.25, -0.2) is 0 Å². The molecule has 20 heavy (non-hydrogen) atoms. The molecule has 0 radical (unpaired) electrons. The third-order valence-corrected chi connectivity index (χ3v) is 3.30. The van der Waals surface area contributed by atoms with E-state index in [1.54, 1.807) is 6.92 Å². The highest BCUT2D eigenvalue weighted by Gasteiger charge is 2.14. The van der Waals surface area contributed by atoms with Crippen molar-refractivity contribution in [1.29, 1.82) is 0 Å². The number of hydrogen-bond acceptors (Lipinski definition) is 4. The Balaban J connectivity index is 2.34. The summed E-state index contributed by atoms with van der Waals surface area (Å²) >= 11 is 0. The Morgan fingerprint density at radius 3 is 2.70 bits per heavy atom. The molecule has 0 bridgehead atoms. The highest BCUT2D eigenvalue weighted by Crippen LogP contribution is 2.17. The van der Waals surface area contributed by atoms with E-state index in [0.29, 0.717) is 30.2 Å². The van der Waals surface area contributed by atoms with E-state index in [1.165, 1.54) is 6.20 Å². The molecule has 1 aromatic heterocycles.